The summed E-state index contributed by atoms with van der Waals surface area (Å²) in [5, 5.41) is 5.70. The molecular weight excluding hydrogens is 490 g/mol. The molecule has 0 aliphatic carbocycles. The van der Waals surface area contributed by atoms with Gasteiger partial charge in [-0.2, -0.15) is 0 Å². The minimum atomic E-state index is -1.01. The SMILES string of the molecule is C#Cc1ccccc1C(C(=O)Nc1c(C)cccc1C)N(CCCCCC)C(=O)C(C)NC(=O)OC(C)(C)C. The van der Waals surface area contributed by atoms with Gasteiger partial charge < -0.3 is 20.3 Å². The van der Waals surface area contributed by atoms with Gasteiger partial charge in [-0.3, -0.25) is 9.59 Å². The predicted octanol–water partition coefficient (Wildman–Crippen LogP) is 6.29. The first-order valence-electron chi connectivity index (χ1n) is 13.6. The molecular formula is C32H43N3O4. The third-order valence-electron chi connectivity index (χ3n) is 6.34. The Labute approximate surface area is 233 Å². The molecule has 3 amide bonds. The van der Waals surface area contributed by atoms with E-state index in [2.05, 4.69) is 23.5 Å². The molecule has 0 aliphatic rings. The number of anilines is 1. The maximum Gasteiger partial charge on any atom is 0.408 e. The summed E-state index contributed by atoms with van der Waals surface area (Å²) in [4.78, 5) is 42.0. The molecule has 7 heteroatoms. The highest BCUT2D eigenvalue weighted by Gasteiger charge is 2.35. The second kappa shape index (κ2) is 14.4. The lowest BCUT2D eigenvalue weighted by atomic mass is 9.96. The van der Waals surface area contributed by atoms with Crippen LogP contribution >= 0.6 is 0 Å². The Morgan fingerprint density at radius 1 is 1.00 bits per heavy atom. The van der Waals surface area contributed by atoms with Crippen LogP contribution in [0.2, 0.25) is 0 Å². The molecule has 0 aliphatic heterocycles. The van der Waals surface area contributed by atoms with E-state index in [4.69, 9.17) is 11.2 Å². The van der Waals surface area contributed by atoms with Gasteiger partial charge in [-0.1, -0.05) is 68.5 Å². The van der Waals surface area contributed by atoms with Gasteiger partial charge in [-0.15, -0.1) is 6.42 Å². The van der Waals surface area contributed by atoms with Crippen LogP contribution < -0.4 is 10.6 Å². The number of para-hydroxylation sites is 1. The lowest BCUT2D eigenvalue weighted by Gasteiger charge is -2.34. The number of hydrogen-bond acceptors (Lipinski definition) is 4. The van der Waals surface area contributed by atoms with Crippen molar-refractivity contribution in [2.24, 2.45) is 0 Å². The topological polar surface area (TPSA) is 87.7 Å². The van der Waals surface area contributed by atoms with E-state index in [-0.39, 0.29) is 5.91 Å². The van der Waals surface area contributed by atoms with Crippen LogP contribution in [0.25, 0.3) is 0 Å². The summed E-state index contributed by atoms with van der Waals surface area (Å²) < 4.78 is 5.36. The number of terminal acetylenes is 1. The number of nitrogens with zero attached hydrogens (tertiary/aromatic N) is 1. The first kappa shape index (κ1) is 31.4. The molecule has 2 atom stereocenters. The number of alkyl carbamates (subject to hydrolysis) is 1. The zero-order valence-corrected chi connectivity index (χ0v) is 24.4. The molecule has 7 nitrogen and oxygen atoms in total. The minimum Gasteiger partial charge on any atom is -0.444 e. The van der Waals surface area contributed by atoms with Crippen LogP contribution in [0.3, 0.4) is 0 Å². The van der Waals surface area contributed by atoms with Crippen molar-refractivity contribution in [1.82, 2.24) is 10.2 Å². The van der Waals surface area contributed by atoms with Gasteiger partial charge in [-0.05, 0) is 70.7 Å². The molecule has 2 aromatic rings. The third-order valence-corrected chi connectivity index (χ3v) is 6.34. The quantitative estimate of drug-likeness (QED) is 0.263. The Morgan fingerprint density at radius 2 is 1.64 bits per heavy atom. The van der Waals surface area contributed by atoms with Crippen LogP contribution in [0.15, 0.2) is 42.5 Å². The summed E-state index contributed by atoms with van der Waals surface area (Å²) in [7, 11) is 0. The van der Waals surface area contributed by atoms with Crippen molar-refractivity contribution in [3.8, 4) is 12.3 Å². The number of ether oxygens (including phenoxy) is 1. The maximum absolute atomic E-state index is 14.1. The fourth-order valence-corrected chi connectivity index (χ4v) is 4.39. The fourth-order valence-electron chi connectivity index (χ4n) is 4.39. The smallest absolute Gasteiger partial charge is 0.408 e. The van der Waals surface area contributed by atoms with Gasteiger partial charge in [0.15, 0.2) is 0 Å². The number of carbonyl (C=O) groups excluding carboxylic acids is 3. The van der Waals surface area contributed by atoms with Gasteiger partial charge in [0.25, 0.3) is 5.91 Å². The van der Waals surface area contributed by atoms with Crippen molar-refractivity contribution in [2.75, 3.05) is 11.9 Å². The standard InChI is InChI=1S/C32H43N3O4/c1-9-11-12-15-21-35(30(37)24(5)33-31(38)39-32(6,7)8)28(26-20-14-13-19-25(26)10-2)29(36)34-27-22(3)17-16-18-23(27)4/h2,13-14,16-20,24,28H,9,11-12,15,21H2,1,3-8H3,(H,33,38)(H,34,36). The van der Waals surface area contributed by atoms with E-state index in [1.807, 2.05) is 32.0 Å². The molecule has 0 saturated carbocycles. The van der Waals surface area contributed by atoms with Gasteiger partial charge in [0.1, 0.15) is 17.7 Å². The van der Waals surface area contributed by atoms with E-state index in [1.54, 1.807) is 52.0 Å². The Balaban J connectivity index is 2.54. The molecule has 0 bridgehead atoms. The van der Waals surface area contributed by atoms with E-state index in [0.29, 0.717) is 29.8 Å². The number of hydrogen-bond donors (Lipinski definition) is 2. The number of nitrogens with one attached hydrogen (secondary N) is 2. The molecule has 0 fully saturated rings. The number of aryl methyl sites for hydroxylation is 2. The number of carbonyl (C=O) groups is 3. The zero-order chi connectivity index (χ0) is 29.2. The van der Waals surface area contributed by atoms with Crippen LogP contribution in [0.4, 0.5) is 10.5 Å². The van der Waals surface area contributed by atoms with Gasteiger partial charge in [0.05, 0.1) is 0 Å². The van der Waals surface area contributed by atoms with Crippen LogP contribution in [0.1, 0.15) is 88.6 Å². The molecule has 39 heavy (non-hydrogen) atoms. The molecule has 2 aromatic carbocycles. The van der Waals surface area contributed by atoms with Gasteiger partial charge in [-0.25, -0.2) is 4.79 Å². The molecule has 0 spiro atoms. The number of amides is 3. The summed E-state index contributed by atoms with van der Waals surface area (Å²) in [6.07, 6.45) is 8.77. The second-order valence-corrected chi connectivity index (χ2v) is 10.9. The average Bonchev–Trinajstić information content (AvgIpc) is 2.86. The highest BCUT2D eigenvalue weighted by molar-refractivity contribution is 6.00. The summed E-state index contributed by atoms with van der Waals surface area (Å²) in [6, 6.07) is 11.0. The van der Waals surface area contributed by atoms with Crippen molar-refractivity contribution in [3.63, 3.8) is 0 Å². The van der Waals surface area contributed by atoms with E-state index in [1.165, 1.54) is 4.90 Å². The lowest BCUT2D eigenvalue weighted by molar-refractivity contribution is -0.140. The zero-order valence-electron chi connectivity index (χ0n) is 24.4. The molecule has 2 unspecified atom stereocenters. The molecule has 2 N–H and O–H groups in total. The van der Waals surface area contributed by atoms with Gasteiger partial charge in [0, 0.05) is 17.8 Å². The number of rotatable bonds is 11. The van der Waals surface area contributed by atoms with Crippen molar-refractivity contribution < 1.29 is 19.1 Å². The minimum absolute atomic E-state index is 0.322. The molecule has 210 valence electrons. The monoisotopic (exact) mass is 533 g/mol. The van der Waals surface area contributed by atoms with E-state index < -0.39 is 29.7 Å². The van der Waals surface area contributed by atoms with Crippen molar-refractivity contribution >= 4 is 23.6 Å². The number of benzene rings is 2. The van der Waals surface area contributed by atoms with Crippen molar-refractivity contribution in [1.29, 1.82) is 0 Å². The second-order valence-electron chi connectivity index (χ2n) is 10.9. The average molecular weight is 534 g/mol. The van der Waals surface area contributed by atoms with E-state index in [9.17, 15) is 14.4 Å². The van der Waals surface area contributed by atoms with E-state index >= 15 is 0 Å². The molecule has 0 heterocycles. The Morgan fingerprint density at radius 3 is 2.23 bits per heavy atom. The molecule has 0 saturated heterocycles. The summed E-state index contributed by atoms with van der Waals surface area (Å²) in [5.74, 6) is 1.90. The van der Waals surface area contributed by atoms with Gasteiger partial charge in [0.2, 0.25) is 5.91 Å². The highest BCUT2D eigenvalue weighted by atomic mass is 16.6. The van der Waals surface area contributed by atoms with Crippen molar-refractivity contribution in [2.45, 2.75) is 91.8 Å². The largest absolute Gasteiger partial charge is 0.444 e. The number of unbranched alkanes of at least 4 members (excludes halogenated alkanes) is 3. The van der Waals surface area contributed by atoms with Crippen LogP contribution in [-0.4, -0.2) is 41.0 Å². The Kier molecular flexibility index (Phi) is 11.6. The molecule has 2 rings (SSSR count). The molecule has 0 radical (unpaired) electrons. The normalized spacial score (nSPS) is 12.6. The first-order valence-corrected chi connectivity index (χ1v) is 13.6. The summed E-state index contributed by atoms with van der Waals surface area (Å²) in [6.45, 7) is 13.1. The van der Waals surface area contributed by atoms with Crippen molar-refractivity contribution in [3.05, 3.63) is 64.7 Å². The summed E-state index contributed by atoms with van der Waals surface area (Å²) in [5.41, 5.74) is 2.88. The highest BCUT2D eigenvalue weighted by Crippen LogP contribution is 2.29. The Hall–Kier alpha value is -3.79. The van der Waals surface area contributed by atoms with Crippen LogP contribution in [-0.2, 0) is 14.3 Å². The third kappa shape index (κ3) is 9.17. The Bertz CT molecular complexity index is 1170. The molecule has 0 aromatic heterocycles. The van der Waals surface area contributed by atoms with Gasteiger partial charge >= 0.3 is 6.09 Å². The van der Waals surface area contributed by atoms with E-state index in [0.717, 1.165) is 30.4 Å². The van der Waals surface area contributed by atoms with Crippen LogP contribution in [0.5, 0.6) is 0 Å². The van der Waals surface area contributed by atoms with Crippen LogP contribution in [0, 0.1) is 26.2 Å². The fraction of sp³-hybridized carbons (Fsp3) is 0.469. The summed E-state index contributed by atoms with van der Waals surface area (Å²) >= 11 is 0. The predicted molar refractivity (Wildman–Crippen MR) is 156 cm³/mol. The first-order chi connectivity index (χ1) is 18.4. The maximum atomic E-state index is 14.1. The lowest BCUT2D eigenvalue weighted by Crippen LogP contribution is -2.51.